The molecule has 24 heavy (non-hydrogen) atoms. The standard InChI is InChI=1S/C16H24F3N3O2/c1-3-23-11-6-9-21-15(20-2)22-10-12-24-14-8-5-4-7-13(14)16(17,18)19/h4-5,7-8H,3,6,9-12H2,1-2H3,(H2,20,21,22). The number of guanidine groups is 1. The Morgan fingerprint density at radius 3 is 2.50 bits per heavy atom. The van der Waals surface area contributed by atoms with Crippen LogP contribution in [0, 0.1) is 0 Å². The third kappa shape index (κ3) is 7.54. The minimum atomic E-state index is -4.43. The van der Waals surface area contributed by atoms with E-state index in [1.807, 2.05) is 6.92 Å². The lowest BCUT2D eigenvalue weighted by atomic mass is 10.2. The van der Waals surface area contributed by atoms with E-state index in [4.69, 9.17) is 9.47 Å². The summed E-state index contributed by atoms with van der Waals surface area (Å²) in [5, 5.41) is 6.07. The molecule has 0 fully saturated rings. The average Bonchev–Trinajstić information content (AvgIpc) is 2.56. The molecule has 0 heterocycles. The Balaban J connectivity index is 2.32. The highest BCUT2D eigenvalue weighted by molar-refractivity contribution is 5.79. The number of alkyl halides is 3. The fraction of sp³-hybridized carbons (Fsp3) is 0.562. The number of halogens is 3. The van der Waals surface area contributed by atoms with Crippen molar-refractivity contribution >= 4 is 5.96 Å². The summed E-state index contributed by atoms with van der Waals surface area (Å²) in [4.78, 5) is 4.03. The van der Waals surface area contributed by atoms with Gasteiger partial charge in [0.05, 0.1) is 12.1 Å². The smallest absolute Gasteiger partial charge is 0.419 e. The summed E-state index contributed by atoms with van der Waals surface area (Å²) >= 11 is 0. The van der Waals surface area contributed by atoms with Crippen molar-refractivity contribution in [2.24, 2.45) is 4.99 Å². The van der Waals surface area contributed by atoms with E-state index in [1.54, 1.807) is 7.05 Å². The second kappa shape index (κ2) is 10.7. The summed E-state index contributed by atoms with van der Waals surface area (Å²) < 4.78 is 49.0. The lowest BCUT2D eigenvalue weighted by Crippen LogP contribution is -2.40. The third-order valence-electron chi connectivity index (χ3n) is 3.03. The summed E-state index contributed by atoms with van der Waals surface area (Å²) in [5.74, 6) is 0.394. The van der Waals surface area contributed by atoms with Gasteiger partial charge in [0.2, 0.25) is 0 Å². The molecule has 0 amide bonds. The van der Waals surface area contributed by atoms with E-state index in [2.05, 4.69) is 15.6 Å². The molecule has 0 saturated carbocycles. The molecule has 0 radical (unpaired) electrons. The van der Waals surface area contributed by atoms with Crippen LogP contribution in [0.4, 0.5) is 13.2 Å². The van der Waals surface area contributed by atoms with Gasteiger partial charge in [-0.3, -0.25) is 4.99 Å². The van der Waals surface area contributed by atoms with Crippen LogP contribution < -0.4 is 15.4 Å². The summed E-state index contributed by atoms with van der Waals surface area (Å²) in [6.45, 7) is 4.40. The molecule has 1 aromatic carbocycles. The highest BCUT2D eigenvalue weighted by atomic mass is 19.4. The number of nitrogens with one attached hydrogen (secondary N) is 2. The van der Waals surface area contributed by atoms with E-state index >= 15 is 0 Å². The normalized spacial score (nSPS) is 12.1. The van der Waals surface area contributed by atoms with Crippen LogP contribution in [0.25, 0.3) is 0 Å². The van der Waals surface area contributed by atoms with Gasteiger partial charge in [0.1, 0.15) is 12.4 Å². The van der Waals surface area contributed by atoms with E-state index in [-0.39, 0.29) is 12.4 Å². The maximum atomic E-state index is 12.8. The Labute approximate surface area is 140 Å². The van der Waals surface area contributed by atoms with Gasteiger partial charge >= 0.3 is 6.18 Å². The fourth-order valence-corrected chi connectivity index (χ4v) is 1.90. The Morgan fingerprint density at radius 2 is 1.83 bits per heavy atom. The van der Waals surface area contributed by atoms with Gasteiger partial charge in [-0.2, -0.15) is 13.2 Å². The first kappa shape index (κ1) is 20.1. The minimum absolute atomic E-state index is 0.0900. The van der Waals surface area contributed by atoms with Crippen molar-refractivity contribution in [1.29, 1.82) is 0 Å². The van der Waals surface area contributed by atoms with Gasteiger partial charge < -0.3 is 20.1 Å². The molecule has 0 aliphatic heterocycles. The number of benzene rings is 1. The predicted octanol–water partition coefficient (Wildman–Crippen LogP) is 2.68. The molecule has 1 rings (SSSR count). The van der Waals surface area contributed by atoms with Crippen LogP contribution in [0.15, 0.2) is 29.3 Å². The molecule has 0 bridgehead atoms. The number of hydrogen-bond donors (Lipinski definition) is 2. The maximum Gasteiger partial charge on any atom is 0.419 e. The Morgan fingerprint density at radius 1 is 1.12 bits per heavy atom. The molecule has 0 aliphatic carbocycles. The highest BCUT2D eigenvalue weighted by Crippen LogP contribution is 2.35. The van der Waals surface area contributed by atoms with Crippen LogP contribution in [0.3, 0.4) is 0 Å². The van der Waals surface area contributed by atoms with Crippen molar-refractivity contribution in [1.82, 2.24) is 10.6 Å². The number of rotatable bonds is 9. The third-order valence-corrected chi connectivity index (χ3v) is 3.03. The SMILES string of the molecule is CCOCCCNC(=NC)NCCOc1ccccc1C(F)(F)F. The molecular weight excluding hydrogens is 323 g/mol. The molecule has 0 aliphatic rings. The molecule has 0 spiro atoms. The van der Waals surface area contributed by atoms with Gasteiger partial charge in [0.15, 0.2) is 5.96 Å². The zero-order valence-electron chi connectivity index (χ0n) is 13.9. The van der Waals surface area contributed by atoms with Crippen LogP contribution >= 0.6 is 0 Å². The van der Waals surface area contributed by atoms with Gasteiger partial charge in [-0.15, -0.1) is 0 Å². The highest BCUT2D eigenvalue weighted by Gasteiger charge is 2.33. The topological polar surface area (TPSA) is 54.9 Å². The number of nitrogens with zero attached hydrogens (tertiary/aromatic N) is 1. The fourth-order valence-electron chi connectivity index (χ4n) is 1.90. The van der Waals surface area contributed by atoms with Gasteiger partial charge in [-0.05, 0) is 25.5 Å². The van der Waals surface area contributed by atoms with Crippen LogP contribution in [0.5, 0.6) is 5.75 Å². The molecule has 0 aromatic heterocycles. The van der Waals surface area contributed by atoms with Crippen LogP contribution in [-0.2, 0) is 10.9 Å². The van der Waals surface area contributed by atoms with Crippen LogP contribution in [0.2, 0.25) is 0 Å². The van der Waals surface area contributed by atoms with E-state index < -0.39 is 11.7 Å². The Bertz CT molecular complexity index is 508. The predicted molar refractivity (Wildman–Crippen MR) is 87.4 cm³/mol. The van der Waals surface area contributed by atoms with Gasteiger partial charge in [0, 0.05) is 26.8 Å². The van der Waals surface area contributed by atoms with Crippen molar-refractivity contribution < 1.29 is 22.6 Å². The summed E-state index contributed by atoms with van der Waals surface area (Å²) in [6.07, 6.45) is -3.59. The van der Waals surface area contributed by atoms with E-state index in [9.17, 15) is 13.2 Å². The van der Waals surface area contributed by atoms with Crippen molar-refractivity contribution in [3.05, 3.63) is 29.8 Å². The van der Waals surface area contributed by atoms with Crippen molar-refractivity contribution in [3.8, 4) is 5.75 Å². The number of hydrogen-bond acceptors (Lipinski definition) is 3. The van der Waals surface area contributed by atoms with E-state index in [1.165, 1.54) is 18.2 Å². The largest absolute Gasteiger partial charge is 0.491 e. The summed E-state index contributed by atoms with van der Waals surface area (Å²) in [5.41, 5.74) is -0.775. The zero-order valence-corrected chi connectivity index (χ0v) is 13.9. The second-order valence-electron chi connectivity index (χ2n) is 4.82. The first-order valence-electron chi connectivity index (χ1n) is 7.80. The number of aliphatic imine (C=N–C) groups is 1. The lowest BCUT2D eigenvalue weighted by Gasteiger charge is -2.15. The molecule has 8 heteroatoms. The Kier molecular flexibility index (Phi) is 8.99. The van der Waals surface area contributed by atoms with Crippen LogP contribution in [0.1, 0.15) is 18.9 Å². The quantitative estimate of drug-likeness (QED) is 0.410. The number of ether oxygens (including phenoxy) is 2. The van der Waals surface area contributed by atoms with Gasteiger partial charge in [-0.25, -0.2) is 0 Å². The Hall–Kier alpha value is -1.96. The van der Waals surface area contributed by atoms with Crippen molar-refractivity contribution in [2.45, 2.75) is 19.5 Å². The monoisotopic (exact) mass is 347 g/mol. The molecular formula is C16H24F3N3O2. The maximum absolute atomic E-state index is 12.8. The van der Waals surface area contributed by atoms with Crippen molar-refractivity contribution in [3.63, 3.8) is 0 Å². The molecule has 0 atom stereocenters. The van der Waals surface area contributed by atoms with Crippen LogP contribution in [-0.4, -0.2) is 45.9 Å². The molecule has 1 aromatic rings. The molecule has 2 N–H and O–H groups in total. The summed E-state index contributed by atoms with van der Waals surface area (Å²) in [6, 6.07) is 5.16. The first-order valence-corrected chi connectivity index (χ1v) is 7.80. The minimum Gasteiger partial charge on any atom is -0.491 e. The second-order valence-corrected chi connectivity index (χ2v) is 4.82. The number of para-hydroxylation sites is 1. The van der Waals surface area contributed by atoms with Gasteiger partial charge in [0.25, 0.3) is 0 Å². The molecule has 0 unspecified atom stereocenters. The van der Waals surface area contributed by atoms with E-state index in [0.717, 1.165) is 12.5 Å². The zero-order chi connectivity index (χ0) is 17.8. The van der Waals surface area contributed by atoms with Gasteiger partial charge in [-0.1, -0.05) is 12.1 Å². The molecule has 0 saturated heterocycles. The average molecular weight is 347 g/mol. The van der Waals surface area contributed by atoms with E-state index in [0.29, 0.717) is 32.3 Å². The molecule has 136 valence electrons. The lowest BCUT2D eigenvalue weighted by molar-refractivity contribution is -0.138. The summed E-state index contributed by atoms with van der Waals surface area (Å²) in [7, 11) is 1.62. The first-order chi connectivity index (χ1) is 11.5. The molecule has 5 nitrogen and oxygen atoms in total. The van der Waals surface area contributed by atoms with Crippen molar-refractivity contribution in [2.75, 3.05) is 40.0 Å².